The highest BCUT2D eigenvalue weighted by Gasteiger charge is 2.28. The van der Waals surface area contributed by atoms with Crippen molar-refractivity contribution in [1.82, 2.24) is 5.32 Å². The molecular formula is C11H24N2O2. The van der Waals surface area contributed by atoms with E-state index in [4.69, 9.17) is 10.5 Å². The predicted molar refractivity (Wildman–Crippen MR) is 61.6 cm³/mol. The van der Waals surface area contributed by atoms with Crippen molar-refractivity contribution in [1.29, 1.82) is 0 Å². The average molecular weight is 216 g/mol. The molecule has 0 aromatic rings. The van der Waals surface area contributed by atoms with E-state index in [1.54, 1.807) is 6.92 Å². The Morgan fingerprint density at radius 2 is 1.93 bits per heavy atom. The molecule has 0 saturated heterocycles. The van der Waals surface area contributed by atoms with Crippen LogP contribution < -0.4 is 11.1 Å². The van der Waals surface area contributed by atoms with Gasteiger partial charge in [-0.05, 0) is 26.7 Å². The lowest BCUT2D eigenvalue weighted by molar-refractivity contribution is -0.133. The van der Waals surface area contributed by atoms with E-state index >= 15 is 0 Å². The van der Waals surface area contributed by atoms with Gasteiger partial charge in [0.05, 0.1) is 5.54 Å². The minimum Gasteiger partial charge on any atom is -0.369 e. The Morgan fingerprint density at radius 3 is 2.27 bits per heavy atom. The van der Waals surface area contributed by atoms with Crippen molar-refractivity contribution in [3.05, 3.63) is 0 Å². The van der Waals surface area contributed by atoms with Gasteiger partial charge in [0.2, 0.25) is 5.91 Å². The smallest absolute Gasteiger partial charge is 0.249 e. The molecule has 1 amide bonds. The summed E-state index contributed by atoms with van der Waals surface area (Å²) in [6, 6.07) is 0. The first kappa shape index (κ1) is 14.4. The Balaban J connectivity index is 4.34. The molecule has 1 atom stereocenters. The van der Waals surface area contributed by atoms with E-state index < -0.39 is 6.10 Å². The van der Waals surface area contributed by atoms with Gasteiger partial charge in [0.1, 0.15) is 6.10 Å². The van der Waals surface area contributed by atoms with E-state index in [9.17, 15) is 4.79 Å². The second kappa shape index (κ2) is 6.80. The molecule has 0 aliphatic heterocycles. The number of ether oxygens (including phenoxy) is 1. The molecule has 15 heavy (non-hydrogen) atoms. The first-order valence-corrected chi connectivity index (χ1v) is 5.68. The highest BCUT2D eigenvalue weighted by molar-refractivity contribution is 5.81. The zero-order chi connectivity index (χ0) is 11.9. The molecule has 90 valence electrons. The van der Waals surface area contributed by atoms with Crippen molar-refractivity contribution in [2.75, 3.05) is 13.2 Å². The number of hydrogen-bond acceptors (Lipinski definition) is 3. The molecule has 0 radical (unpaired) electrons. The van der Waals surface area contributed by atoms with E-state index in [0.717, 1.165) is 12.8 Å². The number of nitrogens with two attached hydrogens (primary N) is 1. The molecule has 1 unspecified atom stereocenters. The lowest BCUT2D eigenvalue weighted by Crippen LogP contribution is -2.55. The molecule has 4 heteroatoms. The first-order valence-electron chi connectivity index (χ1n) is 5.68. The van der Waals surface area contributed by atoms with Crippen LogP contribution in [0.15, 0.2) is 0 Å². The summed E-state index contributed by atoms with van der Waals surface area (Å²) in [4.78, 5) is 11.7. The topological polar surface area (TPSA) is 64.3 Å². The van der Waals surface area contributed by atoms with Gasteiger partial charge in [-0.1, -0.05) is 13.8 Å². The minimum absolute atomic E-state index is 0.0778. The predicted octanol–water partition coefficient (Wildman–Crippen LogP) is 1.05. The summed E-state index contributed by atoms with van der Waals surface area (Å²) in [5.41, 5.74) is 5.42. The Morgan fingerprint density at radius 1 is 1.40 bits per heavy atom. The third-order valence-electron chi connectivity index (χ3n) is 2.92. The van der Waals surface area contributed by atoms with Crippen molar-refractivity contribution in [2.45, 2.75) is 52.2 Å². The normalized spacial score (nSPS) is 13.7. The Hall–Kier alpha value is -0.610. The van der Waals surface area contributed by atoms with Crippen LogP contribution in [0.3, 0.4) is 0 Å². The van der Waals surface area contributed by atoms with Gasteiger partial charge < -0.3 is 15.8 Å². The quantitative estimate of drug-likeness (QED) is 0.668. The molecule has 0 aromatic carbocycles. The molecule has 0 aliphatic rings. The van der Waals surface area contributed by atoms with Gasteiger partial charge >= 0.3 is 0 Å². The van der Waals surface area contributed by atoms with Crippen LogP contribution in [-0.2, 0) is 9.53 Å². The average Bonchev–Trinajstić information content (AvgIpc) is 2.26. The van der Waals surface area contributed by atoms with Gasteiger partial charge in [0.25, 0.3) is 0 Å². The van der Waals surface area contributed by atoms with Gasteiger partial charge in [-0.15, -0.1) is 0 Å². The summed E-state index contributed by atoms with van der Waals surface area (Å²) in [7, 11) is 0. The van der Waals surface area contributed by atoms with Crippen LogP contribution >= 0.6 is 0 Å². The van der Waals surface area contributed by atoms with Crippen LogP contribution in [0.25, 0.3) is 0 Å². The molecule has 0 saturated carbocycles. The summed E-state index contributed by atoms with van der Waals surface area (Å²) < 4.78 is 5.23. The van der Waals surface area contributed by atoms with Crippen molar-refractivity contribution in [3.8, 4) is 0 Å². The number of carbonyl (C=O) groups excluding carboxylic acids is 1. The minimum atomic E-state index is -0.404. The fourth-order valence-electron chi connectivity index (χ4n) is 1.46. The molecular weight excluding hydrogens is 192 g/mol. The lowest BCUT2D eigenvalue weighted by Gasteiger charge is -2.32. The second-order valence-electron chi connectivity index (χ2n) is 3.78. The summed E-state index contributed by atoms with van der Waals surface area (Å²) in [5, 5.41) is 2.98. The van der Waals surface area contributed by atoms with Crippen LogP contribution in [0, 0.1) is 0 Å². The molecule has 0 aliphatic carbocycles. The van der Waals surface area contributed by atoms with E-state index in [-0.39, 0.29) is 11.4 Å². The maximum absolute atomic E-state index is 11.7. The van der Waals surface area contributed by atoms with Crippen LogP contribution in [0.2, 0.25) is 0 Å². The van der Waals surface area contributed by atoms with Crippen molar-refractivity contribution in [2.24, 2.45) is 5.73 Å². The van der Waals surface area contributed by atoms with Crippen molar-refractivity contribution in [3.63, 3.8) is 0 Å². The van der Waals surface area contributed by atoms with E-state index in [1.807, 2.05) is 20.8 Å². The number of rotatable bonds is 7. The number of hydrogen-bond donors (Lipinski definition) is 2. The Labute approximate surface area is 92.6 Å². The van der Waals surface area contributed by atoms with Crippen molar-refractivity contribution >= 4 is 5.91 Å². The van der Waals surface area contributed by atoms with Gasteiger partial charge in [0, 0.05) is 13.2 Å². The van der Waals surface area contributed by atoms with Crippen LogP contribution in [0.4, 0.5) is 0 Å². The van der Waals surface area contributed by atoms with E-state index in [1.165, 1.54) is 0 Å². The maximum Gasteiger partial charge on any atom is 0.249 e. The fraction of sp³-hybridized carbons (Fsp3) is 0.909. The van der Waals surface area contributed by atoms with Gasteiger partial charge in [-0.3, -0.25) is 4.79 Å². The number of carbonyl (C=O) groups is 1. The third kappa shape index (κ3) is 4.18. The highest BCUT2D eigenvalue weighted by atomic mass is 16.5. The Kier molecular flexibility index (Phi) is 6.52. The SMILES string of the molecule is CCOC(C)C(=O)NC(CC)(CC)CN. The van der Waals surface area contributed by atoms with Crippen molar-refractivity contribution < 1.29 is 9.53 Å². The maximum atomic E-state index is 11.7. The zero-order valence-electron chi connectivity index (χ0n) is 10.3. The molecule has 4 nitrogen and oxygen atoms in total. The first-order chi connectivity index (χ1) is 7.05. The van der Waals surface area contributed by atoms with E-state index in [0.29, 0.717) is 13.2 Å². The molecule has 0 heterocycles. The van der Waals surface area contributed by atoms with Gasteiger partial charge in [-0.25, -0.2) is 0 Å². The highest BCUT2D eigenvalue weighted by Crippen LogP contribution is 2.13. The molecule has 0 aromatic heterocycles. The fourth-order valence-corrected chi connectivity index (χ4v) is 1.46. The molecule has 0 spiro atoms. The number of nitrogens with one attached hydrogen (secondary N) is 1. The van der Waals surface area contributed by atoms with Gasteiger partial charge in [-0.2, -0.15) is 0 Å². The Bertz CT molecular complexity index is 183. The third-order valence-corrected chi connectivity index (χ3v) is 2.92. The van der Waals surface area contributed by atoms with Crippen LogP contribution in [0.1, 0.15) is 40.5 Å². The molecule has 3 N–H and O–H groups in total. The summed E-state index contributed by atoms with van der Waals surface area (Å²) >= 11 is 0. The molecule has 0 bridgehead atoms. The standard InChI is InChI=1S/C11H24N2O2/c1-5-11(6-2,8-12)13-10(14)9(4)15-7-3/h9H,5-8,12H2,1-4H3,(H,13,14). The monoisotopic (exact) mass is 216 g/mol. The van der Waals surface area contributed by atoms with Crippen LogP contribution in [-0.4, -0.2) is 30.7 Å². The zero-order valence-corrected chi connectivity index (χ0v) is 10.3. The lowest BCUT2D eigenvalue weighted by atomic mass is 9.92. The molecule has 0 fully saturated rings. The van der Waals surface area contributed by atoms with Gasteiger partial charge in [0.15, 0.2) is 0 Å². The number of amides is 1. The summed E-state index contributed by atoms with van der Waals surface area (Å²) in [6.45, 7) is 8.70. The summed E-state index contributed by atoms with van der Waals surface area (Å²) in [6.07, 6.45) is 1.27. The second-order valence-corrected chi connectivity index (χ2v) is 3.78. The van der Waals surface area contributed by atoms with Crippen LogP contribution in [0.5, 0.6) is 0 Å². The summed E-state index contributed by atoms with van der Waals surface area (Å²) in [5.74, 6) is -0.0778. The molecule has 0 rings (SSSR count). The largest absolute Gasteiger partial charge is 0.369 e. The van der Waals surface area contributed by atoms with E-state index in [2.05, 4.69) is 5.32 Å².